The first-order valence-corrected chi connectivity index (χ1v) is 7.28. The SMILES string of the molecule is CC1(C)OB(c2cccc(Cn3ccnc3)c2)OC1(C)C. The maximum Gasteiger partial charge on any atom is 0.494 e. The molecule has 0 saturated carbocycles. The zero-order chi connectivity index (χ0) is 15.1. The molecule has 1 aliphatic rings. The molecule has 21 heavy (non-hydrogen) atoms. The summed E-state index contributed by atoms with van der Waals surface area (Å²) in [4.78, 5) is 4.07. The molecule has 0 aliphatic carbocycles. The Kier molecular flexibility index (Phi) is 3.42. The second-order valence-corrected chi connectivity index (χ2v) is 6.57. The van der Waals surface area contributed by atoms with Gasteiger partial charge in [-0.05, 0) is 38.7 Å². The van der Waals surface area contributed by atoms with E-state index in [0.717, 1.165) is 12.0 Å². The quantitative estimate of drug-likeness (QED) is 0.811. The van der Waals surface area contributed by atoms with Crippen molar-refractivity contribution in [2.45, 2.75) is 45.4 Å². The van der Waals surface area contributed by atoms with Crippen LogP contribution >= 0.6 is 0 Å². The predicted octanol–water partition coefficient (Wildman–Crippen LogP) is 2.23. The van der Waals surface area contributed by atoms with Crippen LogP contribution in [0.15, 0.2) is 43.0 Å². The lowest BCUT2D eigenvalue weighted by molar-refractivity contribution is 0.00578. The van der Waals surface area contributed by atoms with Gasteiger partial charge >= 0.3 is 7.12 Å². The summed E-state index contributed by atoms with van der Waals surface area (Å²) in [5, 5.41) is 0. The second kappa shape index (κ2) is 5.00. The predicted molar refractivity (Wildman–Crippen MR) is 83.5 cm³/mol. The molecule has 0 radical (unpaired) electrons. The first kappa shape index (κ1) is 14.4. The number of hydrogen-bond acceptors (Lipinski definition) is 3. The van der Waals surface area contributed by atoms with E-state index in [0.29, 0.717) is 0 Å². The summed E-state index contributed by atoms with van der Waals surface area (Å²) in [7, 11) is -0.308. The topological polar surface area (TPSA) is 36.3 Å². The van der Waals surface area contributed by atoms with Gasteiger partial charge in [-0.3, -0.25) is 0 Å². The van der Waals surface area contributed by atoms with Crippen LogP contribution in [-0.4, -0.2) is 27.9 Å². The van der Waals surface area contributed by atoms with Crippen molar-refractivity contribution < 1.29 is 9.31 Å². The Morgan fingerprint density at radius 2 is 1.86 bits per heavy atom. The van der Waals surface area contributed by atoms with E-state index in [1.165, 1.54) is 5.56 Å². The molecular formula is C16H21BN2O2. The number of aromatic nitrogens is 2. The Bertz CT molecular complexity index is 607. The summed E-state index contributed by atoms with van der Waals surface area (Å²) in [6.07, 6.45) is 5.57. The molecule has 3 rings (SSSR count). The third-order valence-electron chi connectivity index (χ3n) is 4.40. The Balaban J connectivity index is 1.81. The summed E-state index contributed by atoms with van der Waals surface area (Å²) >= 11 is 0. The van der Waals surface area contributed by atoms with Gasteiger partial charge in [-0.1, -0.05) is 24.3 Å². The summed E-state index contributed by atoms with van der Waals surface area (Å²) in [5.74, 6) is 0. The highest BCUT2D eigenvalue weighted by Gasteiger charge is 2.51. The Labute approximate surface area is 126 Å². The minimum Gasteiger partial charge on any atom is -0.399 e. The van der Waals surface area contributed by atoms with E-state index in [2.05, 4.69) is 50.9 Å². The monoisotopic (exact) mass is 284 g/mol. The van der Waals surface area contributed by atoms with E-state index in [-0.39, 0.29) is 18.3 Å². The highest BCUT2D eigenvalue weighted by atomic mass is 16.7. The van der Waals surface area contributed by atoms with Crippen LogP contribution in [0.1, 0.15) is 33.3 Å². The number of hydrogen-bond donors (Lipinski definition) is 0. The minimum atomic E-state index is -0.308. The van der Waals surface area contributed by atoms with Crippen LogP contribution in [0.3, 0.4) is 0 Å². The van der Waals surface area contributed by atoms with Crippen LogP contribution in [-0.2, 0) is 15.9 Å². The highest BCUT2D eigenvalue weighted by Crippen LogP contribution is 2.36. The lowest BCUT2D eigenvalue weighted by Crippen LogP contribution is -2.41. The van der Waals surface area contributed by atoms with Crippen LogP contribution in [0.5, 0.6) is 0 Å². The molecule has 1 aromatic heterocycles. The normalized spacial score (nSPS) is 19.9. The Morgan fingerprint density at radius 1 is 1.14 bits per heavy atom. The summed E-state index contributed by atoms with van der Waals surface area (Å²) in [6, 6.07) is 8.35. The van der Waals surface area contributed by atoms with Gasteiger partial charge < -0.3 is 13.9 Å². The van der Waals surface area contributed by atoms with E-state index in [1.54, 1.807) is 6.20 Å². The first-order chi connectivity index (χ1) is 9.87. The largest absolute Gasteiger partial charge is 0.494 e. The number of nitrogens with zero attached hydrogens (tertiary/aromatic N) is 2. The lowest BCUT2D eigenvalue weighted by atomic mass is 9.78. The van der Waals surface area contributed by atoms with Crippen molar-refractivity contribution in [3.05, 3.63) is 48.5 Å². The molecule has 5 heteroatoms. The van der Waals surface area contributed by atoms with E-state index in [4.69, 9.17) is 9.31 Å². The van der Waals surface area contributed by atoms with Crippen LogP contribution in [0.4, 0.5) is 0 Å². The van der Waals surface area contributed by atoms with Gasteiger partial charge in [-0.25, -0.2) is 4.98 Å². The molecule has 0 amide bonds. The van der Waals surface area contributed by atoms with Gasteiger partial charge in [-0.15, -0.1) is 0 Å². The van der Waals surface area contributed by atoms with Gasteiger partial charge in [0.2, 0.25) is 0 Å². The summed E-state index contributed by atoms with van der Waals surface area (Å²) in [6.45, 7) is 9.09. The van der Waals surface area contributed by atoms with E-state index in [9.17, 15) is 0 Å². The van der Waals surface area contributed by atoms with Crippen molar-refractivity contribution in [3.8, 4) is 0 Å². The van der Waals surface area contributed by atoms with Gasteiger partial charge in [-0.2, -0.15) is 0 Å². The van der Waals surface area contributed by atoms with Crippen LogP contribution in [0, 0.1) is 0 Å². The standard InChI is InChI=1S/C16H21BN2O2/c1-15(2)16(3,4)21-17(20-15)14-7-5-6-13(10-14)11-19-9-8-18-12-19/h5-10,12H,11H2,1-4H3. The van der Waals surface area contributed by atoms with Crippen LogP contribution in [0.2, 0.25) is 0 Å². The molecule has 0 unspecified atom stereocenters. The van der Waals surface area contributed by atoms with E-state index < -0.39 is 0 Å². The molecule has 0 N–H and O–H groups in total. The molecule has 1 saturated heterocycles. The molecule has 0 atom stereocenters. The maximum absolute atomic E-state index is 6.10. The van der Waals surface area contributed by atoms with Crippen LogP contribution < -0.4 is 5.46 Å². The second-order valence-electron chi connectivity index (χ2n) is 6.57. The van der Waals surface area contributed by atoms with Crippen molar-refractivity contribution in [1.82, 2.24) is 9.55 Å². The molecule has 110 valence electrons. The van der Waals surface area contributed by atoms with E-state index >= 15 is 0 Å². The van der Waals surface area contributed by atoms with Crippen molar-refractivity contribution in [2.24, 2.45) is 0 Å². The summed E-state index contributed by atoms with van der Waals surface area (Å²) in [5.41, 5.74) is 1.65. The lowest BCUT2D eigenvalue weighted by Gasteiger charge is -2.32. The minimum absolute atomic E-state index is 0.308. The molecule has 0 spiro atoms. The number of benzene rings is 1. The highest BCUT2D eigenvalue weighted by molar-refractivity contribution is 6.62. The third-order valence-corrected chi connectivity index (χ3v) is 4.40. The van der Waals surface area contributed by atoms with Crippen LogP contribution in [0.25, 0.3) is 0 Å². The van der Waals surface area contributed by atoms with Crippen molar-refractivity contribution >= 4 is 12.6 Å². The molecular weight excluding hydrogens is 263 g/mol. The maximum atomic E-state index is 6.10. The summed E-state index contributed by atoms with van der Waals surface area (Å²) < 4.78 is 14.2. The van der Waals surface area contributed by atoms with Gasteiger partial charge in [0, 0.05) is 18.9 Å². The number of rotatable bonds is 3. The Morgan fingerprint density at radius 3 is 2.48 bits per heavy atom. The average molecular weight is 284 g/mol. The van der Waals surface area contributed by atoms with Crippen molar-refractivity contribution in [3.63, 3.8) is 0 Å². The molecule has 2 heterocycles. The molecule has 0 bridgehead atoms. The fraction of sp³-hybridized carbons (Fsp3) is 0.438. The molecule has 1 aromatic carbocycles. The van der Waals surface area contributed by atoms with Gasteiger partial charge in [0.05, 0.1) is 17.5 Å². The van der Waals surface area contributed by atoms with Crippen molar-refractivity contribution in [1.29, 1.82) is 0 Å². The Hall–Kier alpha value is -1.59. The molecule has 2 aromatic rings. The fourth-order valence-electron chi connectivity index (χ4n) is 2.41. The van der Waals surface area contributed by atoms with E-state index in [1.807, 2.05) is 23.2 Å². The van der Waals surface area contributed by atoms with Crippen molar-refractivity contribution in [2.75, 3.05) is 0 Å². The zero-order valence-corrected chi connectivity index (χ0v) is 13.0. The molecule has 4 nitrogen and oxygen atoms in total. The third kappa shape index (κ3) is 2.76. The zero-order valence-electron chi connectivity index (χ0n) is 13.0. The van der Waals surface area contributed by atoms with Gasteiger partial charge in [0.1, 0.15) is 0 Å². The fourth-order valence-corrected chi connectivity index (χ4v) is 2.41. The molecule has 1 aliphatic heterocycles. The van der Waals surface area contributed by atoms with Gasteiger partial charge in [0.15, 0.2) is 0 Å². The smallest absolute Gasteiger partial charge is 0.399 e. The average Bonchev–Trinajstić information content (AvgIpc) is 2.97. The van der Waals surface area contributed by atoms with Gasteiger partial charge in [0.25, 0.3) is 0 Å². The first-order valence-electron chi connectivity index (χ1n) is 7.28. The number of imidazole rings is 1. The molecule has 1 fully saturated rings.